The van der Waals surface area contributed by atoms with Gasteiger partial charge in [-0.05, 0) is 48.9 Å². The van der Waals surface area contributed by atoms with Crippen LogP contribution in [0.25, 0.3) is 0 Å². The molecule has 0 unspecified atom stereocenters. The lowest BCUT2D eigenvalue weighted by Gasteiger charge is -2.20. The minimum absolute atomic E-state index is 0.107. The molecule has 2 aromatic rings. The summed E-state index contributed by atoms with van der Waals surface area (Å²) in [6.45, 7) is 3.65. The second-order valence-electron chi connectivity index (χ2n) is 5.05. The van der Waals surface area contributed by atoms with Gasteiger partial charge in [-0.2, -0.15) is 8.42 Å². The smallest absolute Gasteiger partial charge is 0.263 e. The zero-order valence-electron chi connectivity index (χ0n) is 12.2. The first-order chi connectivity index (χ1) is 10.3. The molecule has 0 aliphatic carbocycles. The summed E-state index contributed by atoms with van der Waals surface area (Å²) in [5, 5.41) is 0.618. The van der Waals surface area contributed by atoms with Crippen LogP contribution >= 0.6 is 27.5 Å². The second kappa shape index (κ2) is 7.13. The molecule has 2 atom stereocenters. The summed E-state index contributed by atoms with van der Waals surface area (Å²) in [5.74, 6) is -0.107. The van der Waals surface area contributed by atoms with E-state index < -0.39 is 16.2 Å². The van der Waals surface area contributed by atoms with Gasteiger partial charge >= 0.3 is 0 Å². The van der Waals surface area contributed by atoms with Crippen LogP contribution in [0.5, 0.6) is 0 Å². The predicted octanol–water partition coefficient (Wildman–Crippen LogP) is 5.00. The highest BCUT2D eigenvalue weighted by Gasteiger charge is 2.24. The van der Waals surface area contributed by atoms with Crippen molar-refractivity contribution in [1.82, 2.24) is 0 Å². The van der Waals surface area contributed by atoms with Crippen molar-refractivity contribution < 1.29 is 12.6 Å². The van der Waals surface area contributed by atoms with Crippen molar-refractivity contribution >= 4 is 37.6 Å². The van der Waals surface area contributed by atoms with Crippen LogP contribution in [0.2, 0.25) is 5.02 Å². The zero-order valence-corrected chi connectivity index (χ0v) is 15.3. The Bertz CT molecular complexity index is 744. The second-order valence-corrected chi connectivity index (χ2v) is 7.98. The molecule has 22 heavy (non-hydrogen) atoms. The Morgan fingerprint density at radius 2 is 1.73 bits per heavy atom. The standard InChI is InChI=1S/C16H16BrClO3S/c1-11(13-4-3-5-15(18)10-13)12(2)21-22(19,20)16-8-6-14(17)7-9-16/h3-12H,1-2H3/t11-,12-/m1/s1. The number of hydrogen-bond acceptors (Lipinski definition) is 3. The van der Waals surface area contributed by atoms with E-state index in [0.29, 0.717) is 5.02 Å². The Morgan fingerprint density at radius 1 is 1.09 bits per heavy atom. The van der Waals surface area contributed by atoms with Gasteiger partial charge in [-0.3, -0.25) is 4.18 Å². The molecule has 0 radical (unpaired) electrons. The van der Waals surface area contributed by atoms with Gasteiger partial charge in [0.15, 0.2) is 0 Å². The summed E-state index contributed by atoms with van der Waals surface area (Å²) in [6, 6.07) is 13.7. The molecule has 0 aliphatic heterocycles. The van der Waals surface area contributed by atoms with E-state index >= 15 is 0 Å². The first kappa shape index (κ1) is 17.5. The molecule has 0 amide bonds. The summed E-state index contributed by atoms with van der Waals surface area (Å²) in [7, 11) is -3.79. The van der Waals surface area contributed by atoms with Gasteiger partial charge in [0.05, 0.1) is 11.0 Å². The first-order valence-corrected chi connectivity index (χ1v) is 9.32. The first-order valence-electron chi connectivity index (χ1n) is 6.74. The molecule has 0 aliphatic rings. The normalized spacial score (nSPS) is 14.5. The van der Waals surface area contributed by atoms with Crippen LogP contribution in [-0.2, 0) is 14.3 Å². The van der Waals surface area contributed by atoms with Crippen LogP contribution in [0.4, 0.5) is 0 Å². The largest absolute Gasteiger partial charge is 0.297 e. The van der Waals surface area contributed by atoms with E-state index in [4.69, 9.17) is 15.8 Å². The SMILES string of the molecule is C[C@@H](OS(=O)(=O)c1ccc(Br)cc1)[C@@H](C)c1cccc(Cl)c1. The lowest BCUT2D eigenvalue weighted by Crippen LogP contribution is -2.21. The molecule has 0 aromatic heterocycles. The van der Waals surface area contributed by atoms with Crippen LogP contribution in [0.1, 0.15) is 25.3 Å². The van der Waals surface area contributed by atoms with Gasteiger partial charge in [0.25, 0.3) is 10.1 Å². The molecule has 0 heterocycles. The van der Waals surface area contributed by atoms with Crippen molar-refractivity contribution in [3.8, 4) is 0 Å². The van der Waals surface area contributed by atoms with Gasteiger partial charge in [-0.15, -0.1) is 0 Å². The number of hydrogen-bond donors (Lipinski definition) is 0. The third-order valence-electron chi connectivity index (χ3n) is 3.46. The maximum Gasteiger partial charge on any atom is 0.297 e. The summed E-state index contributed by atoms with van der Waals surface area (Å²) < 4.78 is 30.7. The average molecular weight is 404 g/mol. The highest BCUT2D eigenvalue weighted by molar-refractivity contribution is 9.10. The zero-order chi connectivity index (χ0) is 16.3. The number of halogens is 2. The Hall–Kier alpha value is -0.880. The molecule has 0 saturated carbocycles. The van der Waals surface area contributed by atoms with Gasteiger partial charge in [0.2, 0.25) is 0 Å². The average Bonchev–Trinajstić information content (AvgIpc) is 2.46. The van der Waals surface area contributed by atoms with E-state index in [-0.39, 0.29) is 10.8 Å². The third-order valence-corrected chi connectivity index (χ3v) is 5.63. The van der Waals surface area contributed by atoms with Gasteiger partial charge in [0.1, 0.15) is 0 Å². The minimum atomic E-state index is -3.79. The van der Waals surface area contributed by atoms with E-state index in [9.17, 15) is 8.42 Å². The molecule has 0 N–H and O–H groups in total. The van der Waals surface area contributed by atoms with Crippen molar-refractivity contribution in [3.05, 3.63) is 63.6 Å². The molecular formula is C16H16BrClO3S. The summed E-state index contributed by atoms with van der Waals surface area (Å²) in [5.41, 5.74) is 0.936. The molecular weight excluding hydrogens is 388 g/mol. The number of benzene rings is 2. The van der Waals surface area contributed by atoms with E-state index in [1.807, 2.05) is 25.1 Å². The van der Waals surface area contributed by atoms with E-state index in [2.05, 4.69) is 15.9 Å². The lowest BCUT2D eigenvalue weighted by molar-refractivity contribution is 0.203. The highest BCUT2D eigenvalue weighted by atomic mass is 79.9. The summed E-state index contributed by atoms with van der Waals surface area (Å²) >= 11 is 9.25. The third kappa shape index (κ3) is 4.32. The van der Waals surface area contributed by atoms with Crippen molar-refractivity contribution in [2.75, 3.05) is 0 Å². The van der Waals surface area contributed by atoms with Gasteiger partial charge < -0.3 is 0 Å². The van der Waals surface area contributed by atoms with Gasteiger partial charge in [-0.1, -0.05) is 46.6 Å². The molecule has 3 nitrogen and oxygen atoms in total. The predicted molar refractivity (Wildman–Crippen MR) is 91.7 cm³/mol. The molecule has 2 aromatic carbocycles. The molecule has 2 rings (SSSR count). The van der Waals surface area contributed by atoms with Crippen molar-refractivity contribution in [2.24, 2.45) is 0 Å². The Balaban J connectivity index is 2.16. The quantitative estimate of drug-likeness (QED) is 0.660. The Labute approximate surface area is 144 Å². The van der Waals surface area contributed by atoms with E-state index in [0.717, 1.165) is 10.0 Å². The monoisotopic (exact) mass is 402 g/mol. The fraction of sp³-hybridized carbons (Fsp3) is 0.250. The molecule has 0 bridgehead atoms. The fourth-order valence-electron chi connectivity index (χ4n) is 2.00. The van der Waals surface area contributed by atoms with Crippen LogP contribution < -0.4 is 0 Å². The Morgan fingerprint density at radius 3 is 2.32 bits per heavy atom. The van der Waals surface area contributed by atoms with Crippen LogP contribution in [0.3, 0.4) is 0 Å². The molecule has 6 heteroatoms. The van der Waals surface area contributed by atoms with Gasteiger partial charge in [-0.25, -0.2) is 0 Å². The highest BCUT2D eigenvalue weighted by Crippen LogP contribution is 2.27. The van der Waals surface area contributed by atoms with Crippen molar-refractivity contribution in [3.63, 3.8) is 0 Å². The molecule has 0 saturated heterocycles. The van der Waals surface area contributed by atoms with Crippen molar-refractivity contribution in [2.45, 2.75) is 30.8 Å². The van der Waals surface area contributed by atoms with Gasteiger partial charge in [0, 0.05) is 15.4 Å². The van der Waals surface area contributed by atoms with Crippen LogP contribution in [0.15, 0.2) is 57.9 Å². The maximum atomic E-state index is 12.3. The van der Waals surface area contributed by atoms with E-state index in [1.165, 1.54) is 12.1 Å². The Kier molecular flexibility index (Phi) is 5.66. The number of rotatable bonds is 5. The lowest BCUT2D eigenvalue weighted by atomic mass is 9.97. The topological polar surface area (TPSA) is 43.4 Å². The molecule has 118 valence electrons. The van der Waals surface area contributed by atoms with Crippen molar-refractivity contribution in [1.29, 1.82) is 0 Å². The summed E-state index contributed by atoms with van der Waals surface area (Å²) in [4.78, 5) is 0.140. The fourth-order valence-corrected chi connectivity index (χ4v) is 3.61. The van der Waals surface area contributed by atoms with Crippen LogP contribution in [-0.4, -0.2) is 14.5 Å². The minimum Gasteiger partial charge on any atom is -0.263 e. The van der Waals surface area contributed by atoms with Crippen LogP contribution in [0, 0.1) is 0 Å². The molecule has 0 spiro atoms. The maximum absolute atomic E-state index is 12.3. The molecule has 0 fully saturated rings. The summed E-state index contributed by atoms with van der Waals surface area (Å²) in [6.07, 6.45) is -0.507. The van der Waals surface area contributed by atoms with E-state index in [1.54, 1.807) is 25.1 Å².